The Morgan fingerprint density at radius 2 is 1.87 bits per heavy atom. The van der Waals surface area contributed by atoms with E-state index in [2.05, 4.69) is 15.1 Å². The lowest BCUT2D eigenvalue weighted by Gasteiger charge is -2.32. The number of rotatable bonds is 10. The zero-order valence-corrected chi connectivity index (χ0v) is 23.2. The van der Waals surface area contributed by atoms with Gasteiger partial charge in [-0.2, -0.15) is 10.1 Å². The largest absolute Gasteiger partial charge is 0.462 e. The number of fused-ring (bicyclic) bond motifs is 1. The van der Waals surface area contributed by atoms with Crippen LogP contribution < -0.4 is 15.3 Å². The molecule has 1 fully saturated rings. The molecule has 2 aliphatic rings. The van der Waals surface area contributed by atoms with Crippen LogP contribution in [0.2, 0.25) is 0 Å². The Bertz CT molecular complexity index is 1290. The van der Waals surface area contributed by atoms with Crippen LogP contribution in [0.1, 0.15) is 20.8 Å². The highest BCUT2D eigenvalue weighted by Gasteiger charge is 2.47. The summed E-state index contributed by atoms with van der Waals surface area (Å²) in [6.07, 6.45) is -3.22. The predicted octanol–water partition coefficient (Wildman–Crippen LogP) is 1.37. The monoisotopic (exact) mass is 581 g/mol. The van der Waals surface area contributed by atoms with Gasteiger partial charge >= 0.3 is 13.7 Å². The topological polar surface area (TPSA) is 189 Å². The highest BCUT2D eigenvalue weighted by atomic mass is 32.2. The molecule has 0 amide bonds. The van der Waals surface area contributed by atoms with E-state index in [9.17, 15) is 24.7 Å². The number of ether oxygens (including phenoxy) is 1. The normalized spacial score (nSPS) is 27.3. The van der Waals surface area contributed by atoms with Crippen molar-refractivity contribution in [1.82, 2.24) is 9.99 Å². The fraction of sp³-hybridized carbons (Fsp3) is 0.458. The Morgan fingerprint density at radius 1 is 1.15 bits per heavy atom. The highest BCUT2D eigenvalue weighted by molar-refractivity contribution is 8.00. The van der Waals surface area contributed by atoms with Gasteiger partial charge in [-0.3, -0.25) is 9.32 Å². The summed E-state index contributed by atoms with van der Waals surface area (Å²) in [5.41, 5.74) is 5.50. The summed E-state index contributed by atoms with van der Waals surface area (Å²) < 4.78 is 30.9. The molecule has 2 heterocycles. The molecule has 212 valence electrons. The number of nitrogens with two attached hydrogens (primary N) is 1. The standard InChI is InChI=1S/C24H32N5O8PS/c1-13(2)36-22(32)14(3)28-38(34,37-17-10-6-8-15-7-4-5-9-16(15)17)35-11-18-19(30)20(31)21(39-18)29-12-26-23(25)27-24(29)33/h4-10,12-14,18-21,24,30-31,33H,11H2,1-3H3,(H2,25,27)(H,28,34)/t14-,18+,19-,20?,21+,24?,38?/m0/s1. The smallest absolute Gasteiger partial charge is 0.459 e. The molecule has 15 heteroatoms. The van der Waals surface area contributed by atoms with E-state index in [1.165, 1.54) is 18.2 Å². The van der Waals surface area contributed by atoms with Crippen molar-refractivity contribution in [3.05, 3.63) is 42.5 Å². The molecule has 0 bridgehead atoms. The number of hydrogen-bond acceptors (Lipinski definition) is 13. The van der Waals surface area contributed by atoms with Crippen molar-refractivity contribution >= 4 is 48.5 Å². The van der Waals surface area contributed by atoms with E-state index < -0.39 is 55.0 Å². The van der Waals surface area contributed by atoms with Crippen LogP contribution in [0.25, 0.3) is 10.8 Å². The number of benzene rings is 2. The molecule has 0 spiro atoms. The first kappa shape index (κ1) is 29.3. The van der Waals surface area contributed by atoms with Gasteiger partial charge in [0.05, 0.1) is 30.4 Å². The van der Waals surface area contributed by atoms with Crippen molar-refractivity contribution in [1.29, 1.82) is 0 Å². The van der Waals surface area contributed by atoms with Gasteiger partial charge in [-0.1, -0.05) is 36.4 Å². The average Bonchev–Trinajstić information content (AvgIpc) is 3.16. The fourth-order valence-electron chi connectivity index (χ4n) is 4.00. The number of hydrogen-bond donors (Lipinski definition) is 5. The molecule has 0 radical (unpaired) electrons. The molecule has 2 aromatic carbocycles. The van der Waals surface area contributed by atoms with Gasteiger partial charge in [0.15, 0.2) is 0 Å². The van der Waals surface area contributed by atoms with Gasteiger partial charge < -0.3 is 35.2 Å². The summed E-state index contributed by atoms with van der Waals surface area (Å²) in [6, 6.07) is 11.5. The van der Waals surface area contributed by atoms with Crippen molar-refractivity contribution in [2.45, 2.75) is 62.1 Å². The van der Waals surface area contributed by atoms with Crippen molar-refractivity contribution in [3.63, 3.8) is 0 Å². The maximum Gasteiger partial charge on any atom is 0.459 e. The second-order valence-electron chi connectivity index (χ2n) is 9.27. The summed E-state index contributed by atoms with van der Waals surface area (Å²) in [4.78, 5) is 21.3. The number of esters is 1. The molecule has 6 N–H and O–H groups in total. The van der Waals surface area contributed by atoms with Gasteiger partial charge in [-0.05, 0) is 32.2 Å². The average molecular weight is 582 g/mol. The third-order valence-corrected chi connectivity index (χ3v) is 9.10. The number of aliphatic hydroxyl groups excluding tert-OH is 3. The maximum atomic E-state index is 14.0. The second kappa shape index (κ2) is 12.2. The number of nitrogens with zero attached hydrogens (tertiary/aromatic N) is 3. The molecule has 2 aromatic rings. The highest BCUT2D eigenvalue weighted by Crippen LogP contribution is 2.48. The molecular weight excluding hydrogens is 549 g/mol. The first-order chi connectivity index (χ1) is 18.5. The first-order valence-electron chi connectivity index (χ1n) is 12.2. The van der Waals surface area contributed by atoms with Crippen LogP contribution >= 0.6 is 19.5 Å². The van der Waals surface area contributed by atoms with Crippen LogP contribution in [-0.2, 0) is 18.6 Å². The van der Waals surface area contributed by atoms with Crippen molar-refractivity contribution in [2.24, 2.45) is 15.7 Å². The van der Waals surface area contributed by atoms with Crippen LogP contribution in [0.4, 0.5) is 0 Å². The van der Waals surface area contributed by atoms with E-state index in [0.29, 0.717) is 5.39 Å². The zero-order chi connectivity index (χ0) is 28.3. The Morgan fingerprint density at radius 3 is 2.59 bits per heavy atom. The van der Waals surface area contributed by atoms with Crippen LogP contribution in [0, 0.1) is 0 Å². The van der Waals surface area contributed by atoms with E-state index in [1.54, 1.807) is 38.1 Å². The Labute approximate surface area is 229 Å². The number of aliphatic hydroxyl groups is 3. The lowest BCUT2D eigenvalue weighted by atomic mass is 10.1. The molecule has 0 saturated carbocycles. The number of aliphatic imine (C=N–C) groups is 2. The number of guanidine groups is 1. The first-order valence-corrected chi connectivity index (χ1v) is 14.7. The summed E-state index contributed by atoms with van der Waals surface area (Å²) >= 11 is 1.07. The third-order valence-electron chi connectivity index (χ3n) is 5.90. The molecule has 13 nitrogen and oxygen atoms in total. The molecule has 0 aliphatic carbocycles. The molecule has 39 heavy (non-hydrogen) atoms. The van der Waals surface area contributed by atoms with Gasteiger partial charge in [-0.25, -0.2) is 9.56 Å². The number of thioether (sulfide) groups is 1. The maximum absolute atomic E-state index is 14.0. The minimum atomic E-state index is -4.25. The SMILES string of the molecule is CC(C)OC(=O)[C@H](C)NP(=O)(OC[C@H]1S[C@@H](N2C=NC(N)=NC2O)C(O)[C@H]1O)Oc1cccc2ccccc12. The van der Waals surface area contributed by atoms with E-state index in [-0.39, 0.29) is 18.3 Å². The number of carbonyl (C=O) groups excluding carboxylic acids is 1. The number of nitrogens with one attached hydrogen (secondary N) is 1. The van der Waals surface area contributed by atoms with E-state index in [0.717, 1.165) is 17.1 Å². The molecule has 0 aromatic heterocycles. The van der Waals surface area contributed by atoms with Crippen LogP contribution in [0.3, 0.4) is 0 Å². The molecule has 1 saturated heterocycles. The van der Waals surface area contributed by atoms with E-state index in [4.69, 9.17) is 19.5 Å². The van der Waals surface area contributed by atoms with Crippen LogP contribution in [0.5, 0.6) is 5.75 Å². The second-order valence-corrected chi connectivity index (χ2v) is 12.3. The minimum Gasteiger partial charge on any atom is -0.462 e. The Hall–Kier alpha value is -2.71. The molecule has 3 unspecified atom stereocenters. The summed E-state index contributed by atoms with van der Waals surface area (Å²) in [6.45, 7) is 4.51. The van der Waals surface area contributed by atoms with Crippen molar-refractivity contribution in [3.8, 4) is 5.75 Å². The minimum absolute atomic E-state index is 0.126. The van der Waals surface area contributed by atoms with Crippen LogP contribution in [0.15, 0.2) is 52.4 Å². The molecule has 7 atom stereocenters. The lowest BCUT2D eigenvalue weighted by molar-refractivity contribution is -0.149. The van der Waals surface area contributed by atoms with Crippen molar-refractivity contribution < 1.29 is 38.5 Å². The summed E-state index contributed by atoms with van der Waals surface area (Å²) in [5, 5.41) is 34.1. The Kier molecular flexibility index (Phi) is 9.17. The summed E-state index contributed by atoms with van der Waals surface area (Å²) in [7, 11) is -4.25. The van der Waals surface area contributed by atoms with Gasteiger partial charge in [0, 0.05) is 5.39 Å². The zero-order valence-electron chi connectivity index (χ0n) is 21.5. The van der Waals surface area contributed by atoms with Gasteiger partial charge in [0.25, 0.3) is 0 Å². The van der Waals surface area contributed by atoms with E-state index >= 15 is 0 Å². The van der Waals surface area contributed by atoms with Crippen molar-refractivity contribution in [2.75, 3.05) is 6.61 Å². The van der Waals surface area contributed by atoms with Gasteiger partial charge in [0.2, 0.25) is 12.3 Å². The summed E-state index contributed by atoms with van der Waals surface area (Å²) in [5.74, 6) is -0.521. The lowest BCUT2D eigenvalue weighted by Crippen LogP contribution is -2.48. The fourth-order valence-corrected chi connectivity index (χ4v) is 7.09. The van der Waals surface area contributed by atoms with E-state index in [1.807, 2.05) is 18.2 Å². The Balaban J connectivity index is 1.53. The quantitative estimate of drug-likeness (QED) is 0.201. The van der Waals surface area contributed by atoms with Crippen LogP contribution in [-0.4, -0.2) is 86.4 Å². The predicted molar refractivity (Wildman–Crippen MR) is 147 cm³/mol. The van der Waals surface area contributed by atoms with Gasteiger partial charge in [-0.15, -0.1) is 11.8 Å². The molecule has 4 rings (SSSR count). The number of carbonyl (C=O) groups is 1. The third kappa shape index (κ3) is 6.90. The molecular formula is C24H32N5O8PS. The molecule has 2 aliphatic heterocycles. The van der Waals surface area contributed by atoms with Gasteiger partial charge in [0.1, 0.15) is 23.3 Å².